The van der Waals surface area contributed by atoms with Crippen LogP contribution in [0.3, 0.4) is 0 Å². The molecule has 2 aliphatic heterocycles. The predicted molar refractivity (Wildman–Crippen MR) is 114 cm³/mol. The predicted octanol–water partition coefficient (Wildman–Crippen LogP) is 4.18. The Morgan fingerprint density at radius 3 is 2.21 bits per heavy atom. The van der Waals surface area contributed by atoms with Crippen molar-refractivity contribution in [3.05, 3.63) is 71.3 Å². The fourth-order valence-electron chi connectivity index (χ4n) is 5.18. The van der Waals surface area contributed by atoms with Crippen LogP contribution in [0, 0.1) is 6.92 Å². The number of esters is 1. The van der Waals surface area contributed by atoms with Crippen LogP contribution in [0.15, 0.2) is 54.6 Å². The van der Waals surface area contributed by atoms with Crippen molar-refractivity contribution in [2.24, 2.45) is 0 Å². The summed E-state index contributed by atoms with van der Waals surface area (Å²) in [6, 6.07) is 17.8. The van der Waals surface area contributed by atoms with Gasteiger partial charge in [0.05, 0.1) is 0 Å². The molecule has 2 saturated heterocycles. The minimum absolute atomic E-state index is 0.312. The average Bonchev–Trinajstić information content (AvgIpc) is 2.74. The smallest absolute Gasteiger partial charge is 0.347 e. The molecular formula is C25H31NO3. The first kappa shape index (κ1) is 20.1. The lowest BCUT2D eigenvalue weighted by Gasteiger charge is -2.46. The SMILES string of the molecule is Cc1ccccc1C(O)(C(=O)OCCN1C2CCCC1CCC2)c1ccccc1. The van der Waals surface area contributed by atoms with Crippen LogP contribution in [0.25, 0.3) is 0 Å². The number of hydrogen-bond donors (Lipinski definition) is 1. The zero-order chi connectivity index (χ0) is 20.3. The minimum atomic E-state index is -1.80. The molecule has 29 heavy (non-hydrogen) atoms. The van der Waals surface area contributed by atoms with Crippen LogP contribution >= 0.6 is 0 Å². The van der Waals surface area contributed by atoms with Crippen LogP contribution in [-0.2, 0) is 15.1 Å². The standard InChI is InChI=1S/C25H31NO3/c1-19-9-5-6-16-23(19)25(28,20-10-3-2-4-11-20)24(27)29-18-17-26-21-12-7-13-22(26)15-8-14-21/h2-6,9-11,16,21-22,28H,7-8,12-15,17-18H2,1H3. The fourth-order valence-corrected chi connectivity index (χ4v) is 5.18. The largest absolute Gasteiger partial charge is 0.462 e. The Morgan fingerprint density at radius 1 is 1.00 bits per heavy atom. The second-order valence-corrected chi connectivity index (χ2v) is 8.43. The highest BCUT2D eigenvalue weighted by Crippen LogP contribution is 2.35. The van der Waals surface area contributed by atoms with Gasteiger partial charge in [0.2, 0.25) is 5.60 Å². The highest BCUT2D eigenvalue weighted by molar-refractivity contribution is 5.86. The molecule has 1 unspecified atom stereocenters. The van der Waals surface area contributed by atoms with E-state index in [1.807, 2.05) is 43.3 Å². The van der Waals surface area contributed by atoms with E-state index in [1.165, 1.54) is 38.5 Å². The van der Waals surface area contributed by atoms with E-state index in [4.69, 9.17) is 4.74 Å². The third-order valence-electron chi connectivity index (χ3n) is 6.69. The van der Waals surface area contributed by atoms with Gasteiger partial charge in [0, 0.05) is 24.2 Å². The lowest BCUT2D eigenvalue weighted by molar-refractivity contribution is -0.163. The van der Waals surface area contributed by atoms with E-state index in [0.29, 0.717) is 29.8 Å². The molecule has 154 valence electrons. The summed E-state index contributed by atoms with van der Waals surface area (Å²) in [5, 5.41) is 11.6. The van der Waals surface area contributed by atoms with Crippen molar-refractivity contribution < 1.29 is 14.6 Å². The molecular weight excluding hydrogens is 362 g/mol. The van der Waals surface area contributed by atoms with Gasteiger partial charge in [-0.25, -0.2) is 4.79 Å². The van der Waals surface area contributed by atoms with E-state index in [1.54, 1.807) is 18.2 Å². The Hall–Kier alpha value is -2.17. The molecule has 2 heterocycles. The zero-order valence-electron chi connectivity index (χ0n) is 17.2. The summed E-state index contributed by atoms with van der Waals surface area (Å²) >= 11 is 0. The highest BCUT2D eigenvalue weighted by Gasteiger charge is 2.43. The van der Waals surface area contributed by atoms with Crippen LogP contribution in [0.2, 0.25) is 0 Å². The number of carbonyl (C=O) groups excluding carboxylic acids is 1. The number of piperidine rings is 2. The van der Waals surface area contributed by atoms with Crippen molar-refractivity contribution >= 4 is 5.97 Å². The van der Waals surface area contributed by atoms with E-state index in [0.717, 1.165) is 12.1 Å². The number of carbonyl (C=O) groups is 1. The summed E-state index contributed by atoms with van der Waals surface area (Å²) in [6.07, 6.45) is 7.63. The Balaban J connectivity index is 1.51. The van der Waals surface area contributed by atoms with Gasteiger partial charge < -0.3 is 9.84 Å². The van der Waals surface area contributed by atoms with E-state index in [-0.39, 0.29) is 0 Å². The van der Waals surface area contributed by atoms with Gasteiger partial charge in [0.1, 0.15) is 6.61 Å². The quantitative estimate of drug-likeness (QED) is 0.748. The maximum absolute atomic E-state index is 13.2. The van der Waals surface area contributed by atoms with Crippen LogP contribution in [-0.4, -0.2) is 41.2 Å². The minimum Gasteiger partial charge on any atom is -0.462 e. The Kier molecular flexibility index (Phi) is 6.02. The average molecular weight is 394 g/mol. The lowest BCUT2D eigenvalue weighted by Crippen LogP contribution is -2.51. The maximum Gasteiger partial charge on any atom is 0.347 e. The van der Waals surface area contributed by atoms with Gasteiger partial charge in [0.25, 0.3) is 0 Å². The molecule has 0 aliphatic carbocycles. The van der Waals surface area contributed by atoms with E-state index >= 15 is 0 Å². The van der Waals surface area contributed by atoms with Crippen LogP contribution in [0.1, 0.15) is 55.2 Å². The molecule has 0 amide bonds. The Morgan fingerprint density at radius 2 is 1.59 bits per heavy atom. The number of benzene rings is 2. The molecule has 1 atom stereocenters. The van der Waals surface area contributed by atoms with Gasteiger partial charge in [0.15, 0.2) is 0 Å². The van der Waals surface area contributed by atoms with Crippen molar-refractivity contribution in [3.63, 3.8) is 0 Å². The highest BCUT2D eigenvalue weighted by atomic mass is 16.5. The lowest BCUT2D eigenvalue weighted by atomic mass is 9.84. The van der Waals surface area contributed by atoms with Gasteiger partial charge in [-0.1, -0.05) is 67.4 Å². The summed E-state index contributed by atoms with van der Waals surface area (Å²) in [5.41, 5.74) is 0.172. The first-order chi connectivity index (χ1) is 14.1. The van der Waals surface area contributed by atoms with Gasteiger partial charge in [-0.2, -0.15) is 0 Å². The van der Waals surface area contributed by atoms with Crippen molar-refractivity contribution in [1.82, 2.24) is 4.90 Å². The van der Waals surface area contributed by atoms with Gasteiger partial charge in [-0.3, -0.25) is 4.90 Å². The molecule has 0 spiro atoms. The Bertz CT molecular complexity index is 815. The molecule has 4 rings (SSSR count). The maximum atomic E-state index is 13.2. The van der Waals surface area contributed by atoms with Crippen LogP contribution in [0.5, 0.6) is 0 Å². The fraction of sp³-hybridized carbons (Fsp3) is 0.480. The second-order valence-electron chi connectivity index (χ2n) is 8.43. The first-order valence-electron chi connectivity index (χ1n) is 10.9. The number of hydrogen-bond acceptors (Lipinski definition) is 4. The third-order valence-corrected chi connectivity index (χ3v) is 6.69. The van der Waals surface area contributed by atoms with Crippen LogP contribution in [0.4, 0.5) is 0 Å². The van der Waals surface area contributed by atoms with Crippen LogP contribution < -0.4 is 0 Å². The van der Waals surface area contributed by atoms with E-state index < -0.39 is 11.6 Å². The summed E-state index contributed by atoms with van der Waals surface area (Å²) in [4.78, 5) is 15.8. The molecule has 2 aromatic carbocycles. The number of fused-ring (bicyclic) bond motifs is 2. The summed E-state index contributed by atoms with van der Waals surface area (Å²) in [5.74, 6) is -0.597. The Labute approximate surface area is 173 Å². The summed E-state index contributed by atoms with van der Waals surface area (Å²) in [7, 11) is 0. The second kappa shape index (κ2) is 8.68. The molecule has 4 nitrogen and oxygen atoms in total. The van der Waals surface area contributed by atoms with E-state index in [9.17, 15) is 9.90 Å². The first-order valence-corrected chi connectivity index (χ1v) is 10.9. The zero-order valence-corrected chi connectivity index (χ0v) is 17.2. The molecule has 2 aliphatic rings. The molecule has 0 radical (unpaired) electrons. The molecule has 1 N–H and O–H groups in total. The van der Waals surface area contributed by atoms with Gasteiger partial charge >= 0.3 is 5.97 Å². The number of rotatable bonds is 6. The monoisotopic (exact) mass is 393 g/mol. The van der Waals surface area contributed by atoms with E-state index in [2.05, 4.69) is 4.90 Å². The summed E-state index contributed by atoms with van der Waals surface area (Å²) < 4.78 is 5.71. The van der Waals surface area contributed by atoms with Crippen molar-refractivity contribution in [1.29, 1.82) is 0 Å². The molecule has 2 aromatic rings. The van der Waals surface area contributed by atoms with Crippen molar-refractivity contribution in [2.75, 3.05) is 13.2 Å². The molecule has 0 aromatic heterocycles. The third kappa shape index (κ3) is 3.96. The molecule has 2 bridgehead atoms. The number of aryl methyl sites for hydroxylation is 1. The van der Waals surface area contributed by atoms with Crippen molar-refractivity contribution in [2.45, 2.75) is 63.1 Å². The van der Waals surface area contributed by atoms with Gasteiger partial charge in [-0.15, -0.1) is 0 Å². The normalized spacial score (nSPS) is 23.9. The van der Waals surface area contributed by atoms with Gasteiger partial charge in [-0.05, 0) is 43.7 Å². The number of ether oxygens (including phenoxy) is 1. The topological polar surface area (TPSA) is 49.8 Å². The summed E-state index contributed by atoms with van der Waals surface area (Å²) in [6.45, 7) is 2.97. The molecule has 2 fully saturated rings. The molecule has 4 heteroatoms. The molecule has 0 saturated carbocycles. The van der Waals surface area contributed by atoms with Crippen molar-refractivity contribution in [3.8, 4) is 0 Å². The number of nitrogens with zero attached hydrogens (tertiary/aromatic N) is 1. The number of aliphatic hydroxyl groups is 1.